The summed E-state index contributed by atoms with van der Waals surface area (Å²) in [6.07, 6.45) is 2.11. The minimum atomic E-state index is -0.00222. The third-order valence-electron chi connectivity index (χ3n) is 3.29. The van der Waals surface area contributed by atoms with Gasteiger partial charge in [-0.3, -0.25) is 9.59 Å². The Labute approximate surface area is 134 Å². The van der Waals surface area contributed by atoms with E-state index in [4.69, 9.17) is 11.6 Å². The van der Waals surface area contributed by atoms with E-state index in [1.807, 2.05) is 0 Å². The lowest BCUT2D eigenvalue weighted by molar-refractivity contribution is -0.119. The Kier molecular flexibility index (Phi) is 6.54. The maximum absolute atomic E-state index is 11.9. The molecule has 1 aliphatic rings. The number of benzene rings is 1. The lowest BCUT2D eigenvalue weighted by Gasteiger charge is -2.23. The molecule has 2 rings (SSSR count). The molecule has 1 aromatic rings. The zero-order valence-electron chi connectivity index (χ0n) is 11.7. The van der Waals surface area contributed by atoms with E-state index in [2.05, 4.69) is 10.6 Å². The Bertz CT molecular complexity index is 487. The van der Waals surface area contributed by atoms with E-state index in [0.717, 1.165) is 25.9 Å². The number of ketones is 1. The van der Waals surface area contributed by atoms with Crippen LogP contribution in [-0.2, 0) is 4.79 Å². The second kappa shape index (κ2) is 8.41. The number of thioether (sulfide) groups is 1. The number of rotatable bonds is 6. The summed E-state index contributed by atoms with van der Waals surface area (Å²) in [4.78, 5) is 23.7. The van der Waals surface area contributed by atoms with Crippen molar-refractivity contribution in [1.82, 2.24) is 10.6 Å². The predicted molar refractivity (Wildman–Crippen MR) is 87.1 cm³/mol. The third kappa shape index (κ3) is 5.69. The van der Waals surface area contributed by atoms with Gasteiger partial charge in [-0.1, -0.05) is 11.6 Å². The van der Waals surface area contributed by atoms with E-state index < -0.39 is 0 Å². The van der Waals surface area contributed by atoms with Gasteiger partial charge in [-0.2, -0.15) is 0 Å². The highest BCUT2D eigenvalue weighted by Crippen LogP contribution is 2.12. The van der Waals surface area contributed by atoms with Gasteiger partial charge in [0.15, 0.2) is 5.78 Å². The normalized spacial score (nSPS) is 18.2. The Morgan fingerprint density at radius 3 is 2.71 bits per heavy atom. The Morgan fingerprint density at radius 1 is 1.29 bits per heavy atom. The van der Waals surface area contributed by atoms with Crippen LogP contribution >= 0.6 is 23.4 Å². The van der Waals surface area contributed by atoms with Crippen molar-refractivity contribution in [2.45, 2.75) is 18.9 Å². The molecule has 0 radical (unpaired) electrons. The maximum atomic E-state index is 11.9. The third-order valence-corrected chi connectivity index (χ3v) is 4.48. The number of hydrogen-bond acceptors (Lipinski definition) is 4. The molecule has 0 aromatic heterocycles. The van der Waals surface area contributed by atoms with Crippen LogP contribution in [0, 0.1) is 0 Å². The molecule has 1 unspecified atom stereocenters. The van der Waals surface area contributed by atoms with Gasteiger partial charge in [-0.25, -0.2) is 0 Å². The Balaban J connectivity index is 1.67. The van der Waals surface area contributed by atoms with Crippen molar-refractivity contribution in [3.8, 4) is 0 Å². The van der Waals surface area contributed by atoms with Gasteiger partial charge >= 0.3 is 0 Å². The van der Waals surface area contributed by atoms with Gasteiger partial charge in [0.05, 0.1) is 11.5 Å². The summed E-state index contributed by atoms with van der Waals surface area (Å²) in [7, 11) is 0. The second-order valence-electron chi connectivity index (χ2n) is 5.03. The number of carbonyl (C=O) groups is 2. The zero-order chi connectivity index (χ0) is 15.1. The number of nitrogens with one attached hydrogen (secondary N) is 2. The molecule has 21 heavy (non-hydrogen) atoms. The van der Waals surface area contributed by atoms with E-state index >= 15 is 0 Å². The molecule has 1 aliphatic heterocycles. The lowest BCUT2D eigenvalue weighted by Crippen LogP contribution is -2.46. The van der Waals surface area contributed by atoms with Gasteiger partial charge in [0.1, 0.15) is 0 Å². The van der Waals surface area contributed by atoms with Crippen LogP contribution in [0.2, 0.25) is 5.02 Å². The molecule has 1 atom stereocenters. The molecule has 0 aliphatic carbocycles. The van der Waals surface area contributed by atoms with Crippen molar-refractivity contribution >= 4 is 35.1 Å². The molecular weight excluding hydrogens is 308 g/mol. The van der Waals surface area contributed by atoms with Crippen molar-refractivity contribution in [2.24, 2.45) is 0 Å². The fraction of sp³-hybridized carbons (Fsp3) is 0.467. The molecule has 2 N–H and O–H groups in total. The molecule has 0 spiro atoms. The predicted octanol–water partition coefficient (Wildman–Crippen LogP) is 2.12. The van der Waals surface area contributed by atoms with Gasteiger partial charge in [0.25, 0.3) is 0 Å². The van der Waals surface area contributed by atoms with Crippen LogP contribution in [0.4, 0.5) is 0 Å². The summed E-state index contributed by atoms with van der Waals surface area (Å²) in [5, 5.41) is 6.85. The largest absolute Gasteiger partial charge is 0.351 e. The molecule has 1 heterocycles. The quantitative estimate of drug-likeness (QED) is 0.786. The molecule has 0 bridgehead atoms. The number of hydrogen-bond donors (Lipinski definition) is 2. The topological polar surface area (TPSA) is 58.2 Å². The monoisotopic (exact) mass is 326 g/mol. The van der Waals surface area contributed by atoms with E-state index in [9.17, 15) is 9.59 Å². The fourth-order valence-electron chi connectivity index (χ4n) is 2.20. The van der Waals surface area contributed by atoms with Crippen LogP contribution in [0.25, 0.3) is 0 Å². The van der Waals surface area contributed by atoms with Gasteiger partial charge in [-0.05, 0) is 43.7 Å². The van der Waals surface area contributed by atoms with Crippen molar-refractivity contribution < 1.29 is 9.59 Å². The molecule has 114 valence electrons. The first kappa shape index (κ1) is 16.3. The standard InChI is InChI=1S/C15H19ClN2O2S/c16-12-5-3-11(4-6-12)14(19)9-21-10-15(20)18-13-2-1-7-17-8-13/h3-6,13,17H,1-2,7-10H2,(H,18,20). The molecule has 1 saturated heterocycles. The van der Waals surface area contributed by atoms with Crippen molar-refractivity contribution in [1.29, 1.82) is 0 Å². The van der Waals surface area contributed by atoms with Crippen LogP contribution in [0.15, 0.2) is 24.3 Å². The van der Waals surface area contributed by atoms with Gasteiger partial charge in [0, 0.05) is 23.2 Å². The van der Waals surface area contributed by atoms with Crippen molar-refractivity contribution in [3.05, 3.63) is 34.9 Å². The molecule has 6 heteroatoms. The zero-order valence-corrected chi connectivity index (χ0v) is 13.3. The van der Waals surface area contributed by atoms with Crippen molar-refractivity contribution in [3.63, 3.8) is 0 Å². The first-order chi connectivity index (χ1) is 10.1. The summed E-state index contributed by atoms with van der Waals surface area (Å²) in [6, 6.07) is 7.03. The average molecular weight is 327 g/mol. The Hall–Kier alpha value is -1.04. The number of amides is 1. The van der Waals surface area contributed by atoms with E-state index in [1.54, 1.807) is 24.3 Å². The molecule has 0 saturated carbocycles. The van der Waals surface area contributed by atoms with Crippen molar-refractivity contribution in [2.75, 3.05) is 24.6 Å². The smallest absolute Gasteiger partial charge is 0.230 e. The van der Waals surface area contributed by atoms with Crippen LogP contribution in [0.1, 0.15) is 23.2 Å². The first-order valence-electron chi connectivity index (χ1n) is 7.02. The SMILES string of the molecule is O=C(CSCC(=O)c1ccc(Cl)cc1)NC1CCCNC1. The Morgan fingerprint density at radius 2 is 2.05 bits per heavy atom. The van der Waals surface area contributed by atoms with Gasteiger partial charge in [-0.15, -0.1) is 11.8 Å². The summed E-state index contributed by atoms with van der Waals surface area (Å²) >= 11 is 7.12. The molecule has 4 nitrogen and oxygen atoms in total. The summed E-state index contributed by atoms with van der Waals surface area (Å²) in [6.45, 7) is 1.86. The molecule has 1 amide bonds. The van der Waals surface area contributed by atoms with Crippen LogP contribution in [-0.4, -0.2) is 42.3 Å². The van der Waals surface area contributed by atoms with E-state index in [0.29, 0.717) is 22.1 Å². The average Bonchev–Trinajstić information content (AvgIpc) is 2.49. The van der Waals surface area contributed by atoms with E-state index in [1.165, 1.54) is 11.8 Å². The minimum Gasteiger partial charge on any atom is -0.351 e. The van der Waals surface area contributed by atoms with Gasteiger partial charge in [0.2, 0.25) is 5.91 Å². The van der Waals surface area contributed by atoms with E-state index in [-0.39, 0.29) is 17.7 Å². The number of carbonyl (C=O) groups excluding carboxylic acids is 2. The summed E-state index contributed by atoms with van der Waals surface area (Å²) in [5.74, 6) is 0.634. The fourth-order valence-corrected chi connectivity index (χ4v) is 3.05. The van der Waals surface area contributed by atoms with Gasteiger partial charge < -0.3 is 10.6 Å². The lowest BCUT2D eigenvalue weighted by atomic mass is 10.1. The van der Waals surface area contributed by atoms with Crippen LogP contribution in [0.3, 0.4) is 0 Å². The van der Waals surface area contributed by atoms with Crippen LogP contribution in [0.5, 0.6) is 0 Å². The number of halogens is 1. The minimum absolute atomic E-state index is 0.00222. The summed E-state index contributed by atoms with van der Waals surface area (Å²) in [5.41, 5.74) is 0.629. The molecular formula is C15H19ClN2O2S. The number of piperidine rings is 1. The maximum Gasteiger partial charge on any atom is 0.230 e. The highest BCUT2D eigenvalue weighted by atomic mass is 35.5. The van der Waals surface area contributed by atoms with Crippen LogP contribution < -0.4 is 10.6 Å². The highest BCUT2D eigenvalue weighted by Gasteiger charge is 2.15. The molecule has 1 fully saturated rings. The summed E-state index contributed by atoms with van der Waals surface area (Å²) < 4.78 is 0. The molecule has 1 aromatic carbocycles. The number of Topliss-reactive ketones (excluding diaryl/α,β-unsaturated/α-hetero) is 1. The highest BCUT2D eigenvalue weighted by molar-refractivity contribution is 8.00. The first-order valence-corrected chi connectivity index (χ1v) is 8.55. The second-order valence-corrected chi connectivity index (χ2v) is 6.46.